The Hall–Kier alpha value is -3.21. The molecule has 2 N–H and O–H groups in total. The van der Waals surface area contributed by atoms with E-state index in [1.165, 1.54) is 10.9 Å². The Morgan fingerprint density at radius 3 is 2.83 bits per heavy atom. The van der Waals surface area contributed by atoms with E-state index in [0.29, 0.717) is 6.54 Å². The zero-order valence-electron chi connectivity index (χ0n) is 12.4. The lowest BCUT2D eigenvalue weighted by atomic mass is 10.1. The maximum atomic E-state index is 4.45. The Kier molecular flexibility index (Phi) is 3.44. The summed E-state index contributed by atoms with van der Waals surface area (Å²) in [6.07, 6.45) is 5.40. The molecule has 0 saturated heterocycles. The molecule has 0 spiro atoms. The molecule has 0 aliphatic carbocycles. The predicted octanol–water partition coefficient (Wildman–Crippen LogP) is 3.63. The van der Waals surface area contributed by atoms with Gasteiger partial charge in [0.15, 0.2) is 0 Å². The molecule has 4 aromatic rings. The maximum absolute atomic E-state index is 4.45. The zero-order chi connectivity index (χ0) is 15.5. The van der Waals surface area contributed by atoms with Gasteiger partial charge in [-0.3, -0.25) is 0 Å². The van der Waals surface area contributed by atoms with Crippen LogP contribution in [0.5, 0.6) is 0 Å². The van der Waals surface area contributed by atoms with Crippen molar-refractivity contribution in [1.29, 1.82) is 0 Å². The van der Waals surface area contributed by atoms with Crippen LogP contribution in [-0.4, -0.2) is 20.2 Å². The van der Waals surface area contributed by atoms with Gasteiger partial charge in [0.1, 0.15) is 5.82 Å². The highest BCUT2D eigenvalue weighted by Crippen LogP contribution is 2.24. The average molecular weight is 301 g/mol. The van der Waals surface area contributed by atoms with Crippen molar-refractivity contribution in [3.8, 4) is 11.3 Å². The molecule has 0 atom stereocenters. The van der Waals surface area contributed by atoms with Crippen LogP contribution in [-0.2, 0) is 6.54 Å². The lowest BCUT2D eigenvalue weighted by Crippen LogP contribution is -2.04. The van der Waals surface area contributed by atoms with Gasteiger partial charge >= 0.3 is 0 Å². The molecule has 0 aliphatic rings. The molecule has 5 heteroatoms. The largest absolute Gasteiger partial charge is 0.365 e. The van der Waals surface area contributed by atoms with Crippen molar-refractivity contribution in [2.75, 3.05) is 5.32 Å². The van der Waals surface area contributed by atoms with Crippen molar-refractivity contribution in [2.24, 2.45) is 0 Å². The van der Waals surface area contributed by atoms with Crippen LogP contribution in [0.1, 0.15) is 5.56 Å². The van der Waals surface area contributed by atoms with Crippen molar-refractivity contribution >= 4 is 16.7 Å². The van der Waals surface area contributed by atoms with Gasteiger partial charge in [-0.25, -0.2) is 4.98 Å². The smallest absolute Gasteiger partial charge is 0.135 e. The van der Waals surface area contributed by atoms with E-state index in [-0.39, 0.29) is 0 Å². The fourth-order valence-electron chi connectivity index (χ4n) is 2.67. The molecule has 0 fully saturated rings. The number of anilines is 1. The second kappa shape index (κ2) is 5.88. The van der Waals surface area contributed by atoms with Gasteiger partial charge in [-0.2, -0.15) is 10.2 Å². The molecular formula is C18H15N5. The van der Waals surface area contributed by atoms with Crippen LogP contribution in [0.2, 0.25) is 0 Å². The summed E-state index contributed by atoms with van der Waals surface area (Å²) in [4.78, 5) is 7.74. The summed E-state index contributed by atoms with van der Waals surface area (Å²) >= 11 is 0. The molecule has 0 amide bonds. The van der Waals surface area contributed by atoms with E-state index in [4.69, 9.17) is 0 Å². The lowest BCUT2D eigenvalue weighted by molar-refractivity contribution is 1.03. The first-order chi connectivity index (χ1) is 11.4. The van der Waals surface area contributed by atoms with Crippen molar-refractivity contribution in [1.82, 2.24) is 20.2 Å². The number of H-pyrrole nitrogens is 1. The van der Waals surface area contributed by atoms with Gasteiger partial charge < -0.3 is 10.3 Å². The van der Waals surface area contributed by atoms with E-state index in [1.807, 2.05) is 30.5 Å². The normalized spacial score (nSPS) is 10.8. The third-order valence-electron chi connectivity index (χ3n) is 3.78. The third-order valence-corrected chi connectivity index (χ3v) is 3.78. The van der Waals surface area contributed by atoms with E-state index in [0.717, 1.165) is 22.6 Å². The van der Waals surface area contributed by atoms with Crippen molar-refractivity contribution in [2.45, 2.75) is 6.54 Å². The number of benzene rings is 1. The number of pyridine rings is 1. The van der Waals surface area contributed by atoms with Crippen molar-refractivity contribution < 1.29 is 0 Å². The highest BCUT2D eigenvalue weighted by molar-refractivity contribution is 5.83. The summed E-state index contributed by atoms with van der Waals surface area (Å²) in [6, 6.07) is 16.0. The summed E-state index contributed by atoms with van der Waals surface area (Å²) in [5, 5.41) is 12.7. The number of para-hydroxylation sites is 1. The fourth-order valence-corrected chi connectivity index (χ4v) is 2.67. The molecule has 0 bridgehead atoms. The van der Waals surface area contributed by atoms with Crippen LogP contribution in [0, 0.1) is 0 Å². The Morgan fingerprint density at radius 1 is 0.957 bits per heavy atom. The van der Waals surface area contributed by atoms with Gasteiger partial charge in [-0.15, -0.1) is 0 Å². The zero-order valence-corrected chi connectivity index (χ0v) is 12.4. The van der Waals surface area contributed by atoms with Crippen LogP contribution in [0.15, 0.2) is 67.1 Å². The monoisotopic (exact) mass is 301 g/mol. The topological polar surface area (TPSA) is 66.5 Å². The predicted molar refractivity (Wildman–Crippen MR) is 90.9 cm³/mol. The third kappa shape index (κ3) is 2.64. The highest BCUT2D eigenvalue weighted by atomic mass is 15.1. The van der Waals surface area contributed by atoms with Gasteiger partial charge in [-0.1, -0.05) is 18.2 Å². The molecule has 3 aromatic heterocycles. The lowest BCUT2D eigenvalue weighted by Gasteiger charge is -2.11. The molecule has 0 radical (unpaired) electrons. The summed E-state index contributed by atoms with van der Waals surface area (Å²) in [5.41, 5.74) is 4.10. The van der Waals surface area contributed by atoms with Gasteiger partial charge in [0.05, 0.1) is 11.2 Å². The Labute approximate surface area is 133 Å². The number of hydrogen-bond acceptors (Lipinski definition) is 4. The Morgan fingerprint density at radius 2 is 1.91 bits per heavy atom. The maximum Gasteiger partial charge on any atom is 0.135 e. The first-order valence-corrected chi connectivity index (χ1v) is 7.44. The van der Waals surface area contributed by atoms with Crippen LogP contribution >= 0.6 is 0 Å². The highest BCUT2D eigenvalue weighted by Gasteiger charge is 2.08. The van der Waals surface area contributed by atoms with Gasteiger partial charge in [0.25, 0.3) is 0 Å². The number of rotatable bonds is 4. The number of nitrogens with one attached hydrogen (secondary N) is 2. The number of fused-ring (bicyclic) bond motifs is 1. The quantitative estimate of drug-likeness (QED) is 0.604. The van der Waals surface area contributed by atoms with Gasteiger partial charge in [-0.05, 0) is 41.3 Å². The minimum Gasteiger partial charge on any atom is -0.365 e. The molecule has 0 unspecified atom stereocenters. The van der Waals surface area contributed by atoms with Gasteiger partial charge in [0, 0.05) is 30.7 Å². The molecule has 23 heavy (non-hydrogen) atoms. The van der Waals surface area contributed by atoms with Crippen LogP contribution in [0.25, 0.3) is 22.2 Å². The molecule has 4 rings (SSSR count). The van der Waals surface area contributed by atoms with E-state index in [1.54, 1.807) is 12.4 Å². The fraction of sp³-hybridized carbons (Fsp3) is 0.0556. The Bertz CT molecular complexity index is 930. The molecule has 5 nitrogen and oxygen atoms in total. The molecule has 0 saturated carbocycles. The first kappa shape index (κ1) is 13.5. The van der Waals surface area contributed by atoms with Crippen LogP contribution in [0.3, 0.4) is 0 Å². The molecule has 0 aliphatic heterocycles. The number of hydrogen-bond donors (Lipinski definition) is 2. The van der Waals surface area contributed by atoms with Crippen LogP contribution in [0.4, 0.5) is 5.82 Å². The minimum absolute atomic E-state index is 0.683. The second-order valence-corrected chi connectivity index (χ2v) is 5.22. The molecule has 1 aromatic carbocycles. The summed E-state index contributed by atoms with van der Waals surface area (Å²) in [7, 11) is 0. The van der Waals surface area contributed by atoms with E-state index in [2.05, 4.69) is 49.7 Å². The van der Waals surface area contributed by atoms with E-state index >= 15 is 0 Å². The number of aromatic amines is 1. The SMILES string of the molecule is c1cnnc(-c2cccnc2NCc2cccc3cc[nH]c23)c1. The van der Waals surface area contributed by atoms with Gasteiger partial charge in [0.2, 0.25) is 0 Å². The average Bonchev–Trinajstić information content (AvgIpc) is 3.10. The minimum atomic E-state index is 0.683. The number of aromatic nitrogens is 4. The molecule has 3 heterocycles. The van der Waals surface area contributed by atoms with Crippen molar-refractivity contribution in [3.63, 3.8) is 0 Å². The summed E-state index contributed by atoms with van der Waals surface area (Å²) < 4.78 is 0. The first-order valence-electron chi connectivity index (χ1n) is 7.44. The standard InChI is InChI=1S/C18H15N5/c1-4-13-8-11-19-17(13)14(5-1)12-21-18-15(6-2-9-20-18)16-7-3-10-22-23-16/h1-11,19H,12H2,(H,20,21). The Balaban J connectivity index is 1.64. The van der Waals surface area contributed by atoms with Crippen LogP contribution < -0.4 is 5.32 Å². The number of nitrogens with zero attached hydrogens (tertiary/aromatic N) is 3. The van der Waals surface area contributed by atoms with E-state index in [9.17, 15) is 0 Å². The summed E-state index contributed by atoms with van der Waals surface area (Å²) in [5.74, 6) is 0.802. The molecule has 112 valence electrons. The van der Waals surface area contributed by atoms with E-state index < -0.39 is 0 Å². The second-order valence-electron chi connectivity index (χ2n) is 5.22. The summed E-state index contributed by atoms with van der Waals surface area (Å²) in [6.45, 7) is 0.683. The van der Waals surface area contributed by atoms with Crippen molar-refractivity contribution in [3.05, 3.63) is 72.7 Å². The molecular weight excluding hydrogens is 286 g/mol.